The molecule has 0 radical (unpaired) electrons. The average molecular weight is 272 g/mol. The molecule has 6 heteroatoms. The maximum atomic E-state index is 13.7. The molecule has 0 saturated heterocycles. The van der Waals surface area contributed by atoms with Crippen LogP contribution in [0.15, 0.2) is 6.07 Å². The molecule has 0 saturated carbocycles. The molecule has 0 fully saturated rings. The van der Waals surface area contributed by atoms with Crippen LogP contribution in [0.5, 0.6) is 5.75 Å². The molecular weight excluding hydrogens is 261 g/mol. The summed E-state index contributed by atoms with van der Waals surface area (Å²) in [7, 11) is 0.961. The molecule has 0 aliphatic carbocycles. The Bertz CT molecular complexity index is 521. The first kappa shape index (κ1) is 14.9. The van der Waals surface area contributed by atoms with E-state index in [0.717, 1.165) is 7.11 Å². The molecule has 0 aliphatic rings. The molecule has 1 aromatic rings. The zero-order valence-corrected chi connectivity index (χ0v) is 10.1. The average Bonchev–Trinajstić information content (AvgIpc) is 2.39. The van der Waals surface area contributed by atoms with Crippen LogP contribution in [-0.4, -0.2) is 19.7 Å². The molecule has 0 heterocycles. The Morgan fingerprint density at radius 3 is 2.63 bits per heavy atom. The predicted octanol–water partition coefficient (Wildman–Crippen LogP) is 2.68. The summed E-state index contributed by atoms with van der Waals surface area (Å²) in [6.07, 6.45) is 5.78. The number of halogens is 3. The van der Waals surface area contributed by atoms with E-state index in [0.29, 0.717) is 18.9 Å². The number of ether oxygens (including phenoxy) is 2. The summed E-state index contributed by atoms with van der Waals surface area (Å²) >= 11 is 0. The van der Waals surface area contributed by atoms with Crippen LogP contribution < -0.4 is 4.74 Å². The quantitative estimate of drug-likeness (QED) is 0.358. The third-order valence-corrected chi connectivity index (χ3v) is 2.24. The molecule has 0 unspecified atom stereocenters. The Morgan fingerprint density at radius 2 is 2.05 bits per heavy atom. The van der Waals surface area contributed by atoms with Gasteiger partial charge in [-0.2, -0.15) is 4.39 Å². The van der Waals surface area contributed by atoms with Gasteiger partial charge in [0.05, 0.1) is 13.7 Å². The van der Waals surface area contributed by atoms with Gasteiger partial charge >= 0.3 is 5.97 Å². The number of benzene rings is 1. The van der Waals surface area contributed by atoms with Crippen LogP contribution in [0, 0.1) is 29.8 Å². The lowest BCUT2D eigenvalue weighted by Gasteiger charge is -2.09. The number of rotatable bonds is 5. The third-order valence-electron chi connectivity index (χ3n) is 2.24. The minimum absolute atomic E-state index is 0.0379. The fraction of sp³-hybridized carbons (Fsp3) is 0.308. The second-order valence-electron chi connectivity index (χ2n) is 3.51. The smallest absolute Gasteiger partial charge is 0.341 e. The largest absolute Gasteiger partial charge is 0.491 e. The van der Waals surface area contributed by atoms with Crippen molar-refractivity contribution in [2.75, 3.05) is 13.7 Å². The van der Waals surface area contributed by atoms with Crippen molar-refractivity contribution < 1.29 is 27.4 Å². The SMILES string of the molecule is C#CCCCOC(=O)c1cc(F)c(F)c(OC)c1F. The first-order chi connectivity index (χ1) is 9.02. The van der Waals surface area contributed by atoms with E-state index in [9.17, 15) is 18.0 Å². The summed E-state index contributed by atoms with van der Waals surface area (Å²) in [6.45, 7) is -0.0379. The molecule has 102 valence electrons. The van der Waals surface area contributed by atoms with Gasteiger partial charge in [-0.3, -0.25) is 0 Å². The van der Waals surface area contributed by atoms with Gasteiger partial charge in [0.2, 0.25) is 5.82 Å². The molecule has 0 amide bonds. The molecule has 0 spiro atoms. The lowest BCUT2D eigenvalue weighted by Crippen LogP contribution is -2.11. The molecule has 1 aromatic carbocycles. The fourth-order valence-corrected chi connectivity index (χ4v) is 1.33. The Hall–Kier alpha value is -2.16. The Balaban J connectivity index is 2.92. The van der Waals surface area contributed by atoms with Crippen LogP contribution in [0.25, 0.3) is 0 Å². The highest BCUT2D eigenvalue weighted by molar-refractivity contribution is 5.90. The first-order valence-corrected chi connectivity index (χ1v) is 5.35. The van der Waals surface area contributed by atoms with E-state index < -0.39 is 34.7 Å². The normalized spacial score (nSPS) is 9.84. The molecular formula is C13H11F3O3. The molecule has 0 N–H and O–H groups in total. The van der Waals surface area contributed by atoms with Gasteiger partial charge in [-0.1, -0.05) is 0 Å². The van der Waals surface area contributed by atoms with Crippen molar-refractivity contribution in [1.29, 1.82) is 0 Å². The first-order valence-electron chi connectivity index (χ1n) is 5.35. The standard InChI is InChI=1S/C13H11F3O3/c1-3-4-5-6-19-13(17)8-7-9(14)11(16)12(18-2)10(8)15/h1,7H,4-6H2,2H3. The summed E-state index contributed by atoms with van der Waals surface area (Å²) in [4.78, 5) is 11.5. The van der Waals surface area contributed by atoms with Crippen molar-refractivity contribution >= 4 is 5.97 Å². The molecule has 0 bridgehead atoms. The number of terminal acetylenes is 1. The number of unbranched alkanes of at least 4 members (excludes halogenated alkanes) is 1. The number of hydrogen-bond acceptors (Lipinski definition) is 3. The lowest BCUT2D eigenvalue weighted by molar-refractivity contribution is 0.0494. The second kappa shape index (κ2) is 6.69. The van der Waals surface area contributed by atoms with Crippen LogP contribution in [0.2, 0.25) is 0 Å². The Morgan fingerprint density at radius 1 is 1.37 bits per heavy atom. The van der Waals surface area contributed by atoms with Gasteiger partial charge in [0.25, 0.3) is 0 Å². The summed E-state index contributed by atoms with van der Waals surface area (Å²) in [6, 6.07) is 0.427. The number of carbonyl (C=O) groups is 1. The van der Waals surface area contributed by atoms with Crippen molar-refractivity contribution in [3.8, 4) is 18.1 Å². The zero-order valence-electron chi connectivity index (χ0n) is 10.1. The third kappa shape index (κ3) is 3.41. The van der Waals surface area contributed by atoms with E-state index in [1.807, 2.05) is 0 Å². The maximum Gasteiger partial charge on any atom is 0.341 e. The zero-order chi connectivity index (χ0) is 14.4. The van der Waals surface area contributed by atoms with Gasteiger partial charge in [-0.15, -0.1) is 12.3 Å². The maximum absolute atomic E-state index is 13.7. The highest BCUT2D eigenvalue weighted by Crippen LogP contribution is 2.27. The van der Waals surface area contributed by atoms with Gasteiger partial charge in [-0.05, 0) is 12.5 Å². The highest BCUT2D eigenvalue weighted by atomic mass is 19.2. The Labute approximate surface area is 108 Å². The molecule has 19 heavy (non-hydrogen) atoms. The van der Waals surface area contributed by atoms with Gasteiger partial charge in [0, 0.05) is 6.42 Å². The van der Waals surface area contributed by atoms with Crippen molar-refractivity contribution in [3.63, 3.8) is 0 Å². The highest BCUT2D eigenvalue weighted by Gasteiger charge is 2.24. The van der Waals surface area contributed by atoms with Crippen molar-refractivity contribution in [2.45, 2.75) is 12.8 Å². The minimum atomic E-state index is -1.50. The molecule has 0 aliphatic heterocycles. The number of carbonyl (C=O) groups excluding carboxylic acids is 1. The molecule has 0 aromatic heterocycles. The summed E-state index contributed by atoms with van der Waals surface area (Å²) < 4.78 is 49.0. The van der Waals surface area contributed by atoms with Crippen molar-refractivity contribution in [2.24, 2.45) is 0 Å². The molecule has 3 nitrogen and oxygen atoms in total. The van der Waals surface area contributed by atoms with Crippen LogP contribution in [0.4, 0.5) is 13.2 Å². The molecule has 1 rings (SSSR count). The Kier molecular flexibility index (Phi) is 5.24. The lowest BCUT2D eigenvalue weighted by atomic mass is 10.2. The van der Waals surface area contributed by atoms with E-state index in [4.69, 9.17) is 6.42 Å². The van der Waals surface area contributed by atoms with Crippen LogP contribution in [0.1, 0.15) is 23.2 Å². The number of methoxy groups -OCH3 is 1. The summed E-state index contributed by atoms with van der Waals surface area (Å²) in [5.41, 5.74) is -0.726. The van der Waals surface area contributed by atoms with Crippen molar-refractivity contribution in [1.82, 2.24) is 0 Å². The van der Waals surface area contributed by atoms with Crippen LogP contribution >= 0.6 is 0 Å². The van der Waals surface area contributed by atoms with Crippen LogP contribution in [-0.2, 0) is 4.74 Å². The van der Waals surface area contributed by atoms with Crippen LogP contribution in [0.3, 0.4) is 0 Å². The monoisotopic (exact) mass is 272 g/mol. The molecule has 0 atom stereocenters. The number of esters is 1. The number of hydrogen-bond donors (Lipinski definition) is 0. The van der Waals surface area contributed by atoms with E-state index in [2.05, 4.69) is 15.4 Å². The van der Waals surface area contributed by atoms with E-state index in [1.165, 1.54) is 0 Å². The van der Waals surface area contributed by atoms with Crippen molar-refractivity contribution in [3.05, 3.63) is 29.1 Å². The minimum Gasteiger partial charge on any atom is -0.491 e. The van der Waals surface area contributed by atoms with E-state index >= 15 is 0 Å². The van der Waals surface area contributed by atoms with E-state index in [-0.39, 0.29) is 6.61 Å². The summed E-state index contributed by atoms with van der Waals surface area (Å²) in [5, 5.41) is 0. The predicted molar refractivity (Wildman–Crippen MR) is 61.2 cm³/mol. The van der Waals surface area contributed by atoms with Gasteiger partial charge in [0.15, 0.2) is 17.4 Å². The topological polar surface area (TPSA) is 35.5 Å². The van der Waals surface area contributed by atoms with Gasteiger partial charge in [-0.25, -0.2) is 13.6 Å². The fourth-order valence-electron chi connectivity index (χ4n) is 1.33. The summed E-state index contributed by atoms with van der Waals surface area (Å²) in [5.74, 6) is -3.93. The van der Waals surface area contributed by atoms with E-state index in [1.54, 1.807) is 0 Å². The van der Waals surface area contributed by atoms with Gasteiger partial charge < -0.3 is 9.47 Å². The second-order valence-corrected chi connectivity index (χ2v) is 3.51. The van der Waals surface area contributed by atoms with Gasteiger partial charge in [0.1, 0.15) is 5.56 Å².